The van der Waals surface area contributed by atoms with E-state index in [1.54, 1.807) is 18.2 Å². The summed E-state index contributed by atoms with van der Waals surface area (Å²) in [6.45, 7) is 0.332. The number of benzene rings is 2. The van der Waals surface area contributed by atoms with E-state index in [9.17, 15) is 14.9 Å². The lowest BCUT2D eigenvalue weighted by Crippen LogP contribution is -2.17. The fourth-order valence-electron chi connectivity index (χ4n) is 2.32. The standard InChI is InChI=1S/C17H14ClNO7/c18-12-7-11(8-15-17(12)24-6-5-23-15)9-26-16(20)10-25-14-4-2-1-3-13(14)19(21)22/h1-4,7-8H,5-6,9-10H2. The second-order valence-electron chi connectivity index (χ2n) is 5.28. The maximum absolute atomic E-state index is 11.8. The number of hydrogen-bond acceptors (Lipinski definition) is 7. The molecule has 2 aromatic rings. The first-order chi connectivity index (χ1) is 12.5. The van der Waals surface area contributed by atoms with Crippen LogP contribution in [0.25, 0.3) is 0 Å². The van der Waals surface area contributed by atoms with Crippen LogP contribution in [0, 0.1) is 10.1 Å². The number of para-hydroxylation sites is 2. The number of nitro benzene ring substituents is 1. The number of fused-ring (bicyclic) bond motifs is 1. The van der Waals surface area contributed by atoms with Gasteiger partial charge in [-0.15, -0.1) is 0 Å². The van der Waals surface area contributed by atoms with Gasteiger partial charge in [0.2, 0.25) is 0 Å². The fourth-order valence-corrected chi connectivity index (χ4v) is 2.61. The van der Waals surface area contributed by atoms with Crippen molar-refractivity contribution in [3.63, 3.8) is 0 Å². The Balaban J connectivity index is 1.57. The third kappa shape index (κ3) is 4.15. The maximum atomic E-state index is 11.8. The molecule has 0 fully saturated rings. The molecular weight excluding hydrogens is 366 g/mol. The van der Waals surface area contributed by atoms with Crippen LogP contribution in [0.3, 0.4) is 0 Å². The van der Waals surface area contributed by atoms with E-state index in [1.165, 1.54) is 18.2 Å². The average molecular weight is 380 g/mol. The quantitative estimate of drug-likeness (QED) is 0.432. The van der Waals surface area contributed by atoms with Gasteiger partial charge in [-0.3, -0.25) is 10.1 Å². The highest BCUT2D eigenvalue weighted by Gasteiger charge is 2.18. The summed E-state index contributed by atoms with van der Waals surface area (Å²) in [4.78, 5) is 22.2. The van der Waals surface area contributed by atoms with E-state index >= 15 is 0 Å². The first-order valence-electron chi connectivity index (χ1n) is 7.64. The first kappa shape index (κ1) is 17.8. The summed E-state index contributed by atoms with van der Waals surface area (Å²) in [7, 11) is 0. The molecule has 0 radical (unpaired) electrons. The molecule has 0 amide bonds. The van der Waals surface area contributed by atoms with Crippen LogP contribution in [0.4, 0.5) is 5.69 Å². The van der Waals surface area contributed by atoms with Gasteiger partial charge in [-0.2, -0.15) is 0 Å². The molecule has 0 bridgehead atoms. The lowest BCUT2D eigenvalue weighted by Gasteiger charge is -2.20. The molecule has 0 spiro atoms. The van der Waals surface area contributed by atoms with Crippen LogP contribution >= 0.6 is 11.6 Å². The number of carbonyl (C=O) groups excluding carboxylic acids is 1. The molecule has 0 saturated heterocycles. The van der Waals surface area contributed by atoms with Crippen molar-refractivity contribution in [3.8, 4) is 17.2 Å². The van der Waals surface area contributed by atoms with Crippen LogP contribution in [0.1, 0.15) is 5.56 Å². The zero-order valence-electron chi connectivity index (χ0n) is 13.5. The van der Waals surface area contributed by atoms with Gasteiger partial charge in [-0.05, 0) is 23.8 Å². The van der Waals surface area contributed by atoms with Crippen LogP contribution in [0.15, 0.2) is 36.4 Å². The van der Waals surface area contributed by atoms with Crippen molar-refractivity contribution in [1.29, 1.82) is 0 Å². The fraction of sp³-hybridized carbons (Fsp3) is 0.235. The van der Waals surface area contributed by atoms with Crippen molar-refractivity contribution < 1.29 is 28.7 Å². The summed E-state index contributed by atoms with van der Waals surface area (Å²) >= 11 is 6.12. The number of rotatable bonds is 6. The molecule has 8 nitrogen and oxygen atoms in total. The largest absolute Gasteiger partial charge is 0.486 e. The Kier molecular flexibility index (Phi) is 5.43. The van der Waals surface area contributed by atoms with Crippen molar-refractivity contribution in [1.82, 2.24) is 0 Å². The topological polar surface area (TPSA) is 97.1 Å². The van der Waals surface area contributed by atoms with Gasteiger partial charge < -0.3 is 18.9 Å². The van der Waals surface area contributed by atoms with E-state index in [2.05, 4.69) is 0 Å². The minimum atomic E-state index is -0.672. The average Bonchev–Trinajstić information content (AvgIpc) is 2.65. The smallest absolute Gasteiger partial charge is 0.344 e. The Morgan fingerprint density at radius 1 is 1.23 bits per heavy atom. The molecule has 0 aromatic heterocycles. The van der Waals surface area contributed by atoms with Crippen LogP contribution in [-0.4, -0.2) is 30.7 Å². The minimum Gasteiger partial charge on any atom is -0.486 e. The van der Waals surface area contributed by atoms with Crippen molar-refractivity contribution in [2.75, 3.05) is 19.8 Å². The third-order valence-electron chi connectivity index (χ3n) is 3.46. The molecule has 1 heterocycles. The van der Waals surface area contributed by atoms with Crippen molar-refractivity contribution in [3.05, 3.63) is 57.1 Å². The van der Waals surface area contributed by atoms with Gasteiger partial charge in [-0.25, -0.2) is 4.79 Å². The molecule has 136 valence electrons. The summed E-state index contributed by atoms with van der Waals surface area (Å²) in [5, 5.41) is 11.3. The number of ether oxygens (including phenoxy) is 4. The molecule has 1 aliphatic rings. The van der Waals surface area contributed by atoms with Gasteiger partial charge in [0.1, 0.15) is 19.8 Å². The number of esters is 1. The summed E-state index contributed by atoms with van der Waals surface area (Å²) in [6, 6.07) is 9.07. The number of hydrogen-bond donors (Lipinski definition) is 0. The predicted molar refractivity (Wildman–Crippen MR) is 90.8 cm³/mol. The van der Waals surface area contributed by atoms with E-state index in [1.807, 2.05) is 0 Å². The summed E-state index contributed by atoms with van der Waals surface area (Å²) in [6.07, 6.45) is 0. The van der Waals surface area contributed by atoms with Crippen molar-refractivity contribution in [2.24, 2.45) is 0 Å². The van der Waals surface area contributed by atoms with Crippen molar-refractivity contribution >= 4 is 23.3 Å². The molecule has 0 unspecified atom stereocenters. The second kappa shape index (κ2) is 7.92. The summed E-state index contributed by atoms with van der Waals surface area (Å²) < 4.78 is 21.2. The molecule has 0 atom stereocenters. The Bertz CT molecular complexity index is 840. The summed E-state index contributed by atoms with van der Waals surface area (Å²) in [5.41, 5.74) is 0.400. The molecule has 2 aromatic carbocycles. The SMILES string of the molecule is O=C(COc1ccccc1[N+](=O)[O-])OCc1cc(Cl)c2c(c1)OCCO2. The number of nitro groups is 1. The van der Waals surface area contributed by atoms with E-state index < -0.39 is 17.5 Å². The van der Waals surface area contributed by atoms with Crippen molar-refractivity contribution in [2.45, 2.75) is 6.61 Å². The monoisotopic (exact) mass is 379 g/mol. The van der Waals surface area contributed by atoms with Gasteiger partial charge in [0.15, 0.2) is 23.9 Å². The molecule has 1 aliphatic heterocycles. The normalized spacial score (nSPS) is 12.3. The molecule has 26 heavy (non-hydrogen) atoms. The predicted octanol–water partition coefficient (Wildman–Crippen LogP) is 3.14. The molecule has 3 rings (SSSR count). The Hall–Kier alpha value is -3.00. The zero-order valence-corrected chi connectivity index (χ0v) is 14.2. The second-order valence-corrected chi connectivity index (χ2v) is 5.68. The highest BCUT2D eigenvalue weighted by molar-refractivity contribution is 6.32. The lowest BCUT2D eigenvalue weighted by atomic mass is 10.2. The van der Waals surface area contributed by atoms with Gasteiger partial charge >= 0.3 is 11.7 Å². The van der Waals surface area contributed by atoms with E-state index in [4.69, 9.17) is 30.5 Å². The van der Waals surface area contributed by atoms with Gasteiger partial charge in [-0.1, -0.05) is 23.7 Å². The van der Waals surface area contributed by atoms with Crippen LogP contribution in [0.5, 0.6) is 17.2 Å². The Morgan fingerprint density at radius 2 is 2.00 bits per heavy atom. The molecule has 0 aliphatic carbocycles. The minimum absolute atomic E-state index is 0.00294. The van der Waals surface area contributed by atoms with Crippen LogP contribution in [0.2, 0.25) is 5.02 Å². The molecule has 9 heteroatoms. The number of carbonyl (C=O) groups is 1. The van der Waals surface area contributed by atoms with Gasteiger partial charge in [0.05, 0.1) is 9.95 Å². The first-order valence-corrected chi connectivity index (χ1v) is 8.02. The third-order valence-corrected chi connectivity index (χ3v) is 3.74. The number of halogens is 1. The molecule has 0 N–H and O–H groups in total. The van der Waals surface area contributed by atoms with E-state index in [0.29, 0.717) is 35.3 Å². The lowest BCUT2D eigenvalue weighted by molar-refractivity contribution is -0.385. The van der Waals surface area contributed by atoms with Gasteiger partial charge in [0, 0.05) is 6.07 Å². The Morgan fingerprint density at radius 3 is 2.81 bits per heavy atom. The highest BCUT2D eigenvalue weighted by Crippen LogP contribution is 2.38. The highest BCUT2D eigenvalue weighted by atomic mass is 35.5. The van der Waals surface area contributed by atoms with Crippen LogP contribution in [-0.2, 0) is 16.1 Å². The van der Waals surface area contributed by atoms with Crippen LogP contribution < -0.4 is 14.2 Å². The molecule has 0 saturated carbocycles. The Labute approximate surface area is 153 Å². The van der Waals surface area contributed by atoms with E-state index in [0.717, 1.165) is 0 Å². The molecular formula is C17H14ClNO7. The van der Waals surface area contributed by atoms with E-state index in [-0.39, 0.29) is 18.0 Å². The van der Waals surface area contributed by atoms with Gasteiger partial charge in [0.25, 0.3) is 0 Å². The summed E-state index contributed by atoms with van der Waals surface area (Å²) in [5.74, 6) is 0.282. The maximum Gasteiger partial charge on any atom is 0.344 e. The zero-order chi connectivity index (χ0) is 18.5. The number of nitrogens with zero attached hydrogens (tertiary/aromatic N) is 1.